The Bertz CT molecular complexity index is 1150. The quantitative estimate of drug-likeness (QED) is 0.211. The number of carbonyl (C=O) groups is 3. The van der Waals surface area contributed by atoms with Crippen LogP contribution in [-0.2, 0) is 20.8 Å². The average molecular weight is 619 g/mol. The standard InChI is InChI=1S/C32H43FN2O3.C2H4O.C2H6.Na/c1-6-7-29(26-11-8-24(9-12-26)10-17-30(37)38)35(22-36)32(20-18-27(19-21-32)31(3,4)5)34-23(2)25-13-15-28(33)16-14-25;1-2-3;1-2;/h8-9,11-16,22,27,29H,6-7,10,17-21H2,1-5H3,(H,37,38);2H,1H3;1-2H3;/q;;;+1/p-1/b34-23+;;;. The number of rotatable bonds is 11. The van der Waals surface area contributed by atoms with Crippen molar-refractivity contribution in [2.45, 2.75) is 118 Å². The monoisotopic (exact) mass is 618 g/mol. The van der Waals surface area contributed by atoms with Crippen LogP contribution in [0.5, 0.6) is 0 Å². The number of benzene rings is 2. The third kappa shape index (κ3) is 12.6. The van der Waals surface area contributed by atoms with Gasteiger partial charge in [0.15, 0.2) is 0 Å². The van der Waals surface area contributed by atoms with Crippen LogP contribution in [0.4, 0.5) is 4.39 Å². The number of nitrogens with zero attached hydrogens (tertiary/aromatic N) is 2. The molecule has 0 aliphatic heterocycles. The fraction of sp³-hybridized carbons (Fsp3) is 0.556. The summed E-state index contributed by atoms with van der Waals surface area (Å²) in [5, 5.41) is 10.9. The number of hydrogen-bond donors (Lipinski definition) is 0. The van der Waals surface area contributed by atoms with E-state index >= 15 is 0 Å². The Kier molecular flexibility index (Phi) is 19.5. The van der Waals surface area contributed by atoms with Gasteiger partial charge in [0.2, 0.25) is 6.41 Å². The Morgan fingerprint density at radius 3 is 2.02 bits per heavy atom. The molecule has 1 amide bonds. The Balaban J connectivity index is 0.00000290. The summed E-state index contributed by atoms with van der Waals surface area (Å²) >= 11 is 0. The molecule has 1 fully saturated rings. The molecule has 1 aliphatic rings. The van der Waals surface area contributed by atoms with E-state index in [0.717, 1.165) is 73.6 Å². The Morgan fingerprint density at radius 2 is 1.59 bits per heavy atom. The molecule has 0 saturated heterocycles. The largest absolute Gasteiger partial charge is 1.00 e. The zero-order chi connectivity index (χ0) is 32.6. The zero-order valence-corrected chi connectivity index (χ0v) is 30.5. The minimum atomic E-state index is -1.06. The van der Waals surface area contributed by atoms with Gasteiger partial charge >= 0.3 is 29.6 Å². The number of halogens is 1. The zero-order valence-electron chi connectivity index (χ0n) is 28.5. The smallest absolute Gasteiger partial charge is 0.550 e. The molecule has 0 radical (unpaired) electrons. The molecule has 1 aliphatic carbocycles. The topological polar surface area (TPSA) is 89.9 Å². The van der Waals surface area contributed by atoms with Crippen molar-refractivity contribution < 1.29 is 53.4 Å². The van der Waals surface area contributed by atoms with E-state index in [0.29, 0.717) is 12.3 Å². The molecular formula is C36H52FN2NaO4. The van der Waals surface area contributed by atoms with Crippen LogP contribution in [-0.4, -0.2) is 34.9 Å². The van der Waals surface area contributed by atoms with Crippen molar-refractivity contribution in [3.63, 3.8) is 0 Å². The van der Waals surface area contributed by atoms with Gasteiger partial charge in [0.1, 0.15) is 17.8 Å². The maximum absolute atomic E-state index is 13.6. The van der Waals surface area contributed by atoms with Gasteiger partial charge in [-0.3, -0.25) is 9.79 Å². The fourth-order valence-electron chi connectivity index (χ4n) is 5.80. The number of aldehydes is 1. The van der Waals surface area contributed by atoms with Crippen molar-refractivity contribution in [3.8, 4) is 0 Å². The van der Waals surface area contributed by atoms with Crippen LogP contribution in [0.25, 0.3) is 0 Å². The van der Waals surface area contributed by atoms with Crippen molar-refractivity contribution in [3.05, 3.63) is 71.0 Å². The molecule has 1 saturated carbocycles. The molecule has 1 atom stereocenters. The minimum Gasteiger partial charge on any atom is -0.550 e. The van der Waals surface area contributed by atoms with Crippen LogP contribution in [0.1, 0.15) is 123 Å². The first-order valence-corrected chi connectivity index (χ1v) is 15.6. The van der Waals surface area contributed by atoms with Gasteiger partial charge in [-0.2, -0.15) is 0 Å². The van der Waals surface area contributed by atoms with E-state index in [1.54, 1.807) is 12.1 Å². The summed E-state index contributed by atoms with van der Waals surface area (Å²) in [7, 11) is 0. The van der Waals surface area contributed by atoms with Gasteiger partial charge in [0.05, 0.1) is 6.04 Å². The minimum absolute atomic E-state index is 0. The van der Waals surface area contributed by atoms with Crippen molar-refractivity contribution >= 4 is 24.4 Å². The Hall–Kier alpha value is -2.35. The van der Waals surface area contributed by atoms with E-state index in [4.69, 9.17) is 9.79 Å². The number of carbonyl (C=O) groups excluding carboxylic acids is 3. The third-order valence-corrected chi connectivity index (χ3v) is 8.12. The molecule has 0 heterocycles. The van der Waals surface area contributed by atoms with Crippen LogP contribution in [0.3, 0.4) is 0 Å². The van der Waals surface area contributed by atoms with E-state index in [1.165, 1.54) is 19.1 Å². The van der Waals surface area contributed by atoms with Crippen molar-refractivity contribution in [1.29, 1.82) is 0 Å². The van der Waals surface area contributed by atoms with E-state index in [2.05, 4.69) is 27.7 Å². The molecule has 3 rings (SSSR count). The Labute approximate surface area is 287 Å². The number of carboxylic acids is 1. The van der Waals surface area contributed by atoms with Crippen LogP contribution in [0.15, 0.2) is 53.5 Å². The summed E-state index contributed by atoms with van der Waals surface area (Å²) in [5.41, 5.74) is 3.06. The van der Waals surface area contributed by atoms with Crippen molar-refractivity contribution in [2.75, 3.05) is 0 Å². The van der Waals surface area contributed by atoms with Gasteiger partial charge in [-0.1, -0.05) is 84.4 Å². The average Bonchev–Trinajstić information content (AvgIpc) is 2.98. The van der Waals surface area contributed by atoms with E-state index < -0.39 is 11.6 Å². The normalized spacial score (nSPS) is 18.7. The number of aliphatic carboxylic acids is 1. The fourth-order valence-corrected chi connectivity index (χ4v) is 5.80. The van der Waals surface area contributed by atoms with Gasteiger partial charge in [-0.05, 0) is 98.9 Å². The molecule has 238 valence electrons. The van der Waals surface area contributed by atoms with Gasteiger partial charge in [0, 0.05) is 11.7 Å². The van der Waals surface area contributed by atoms with E-state index in [1.807, 2.05) is 49.9 Å². The molecule has 1 unspecified atom stereocenters. The number of aryl methyl sites for hydroxylation is 1. The van der Waals surface area contributed by atoms with Crippen LogP contribution >= 0.6 is 0 Å². The van der Waals surface area contributed by atoms with Crippen molar-refractivity contribution in [2.24, 2.45) is 16.3 Å². The molecule has 0 bridgehead atoms. The second-order valence-electron chi connectivity index (χ2n) is 12.0. The van der Waals surface area contributed by atoms with Gasteiger partial charge in [-0.15, -0.1) is 0 Å². The molecule has 0 aromatic heterocycles. The first-order chi connectivity index (χ1) is 20.4. The maximum atomic E-state index is 13.6. The predicted molar refractivity (Wildman–Crippen MR) is 171 cm³/mol. The van der Waals surface area contributed by atoms with Gasteiger partial charge in [-0.25, -0.2) is 4.39 Å². The van der Waals surface area contributed by atoms with Crippen LogP contribution in [0.2, 0.25) is 0 Å². The van der Waals surface area contributed by atoms with Gasteiger partial charge in [0.25, 0.3) is 0 Å². The van der Waals surface area contributed by atoms with E-state index in [-0.39, 0.29) is 53.3 Å². The molecule has 0 N–H and O–H groups in total. The first kappa shape index (κ1) is 41.7. The summed E-state index contributed by atoms with van der Waals surface area (Å²) in [6.07, 6.45) is 7.24. The summed E-state index contributed by atoms with van der Waals surface area (Å²) < 4.78 is 13.6. The maximum Gasteiger partial charge on any atom is 1.00 e. The molecule has 2 aromatic carbocycles. The molecular weight excluding hydrogens is 566 g/mol. The number of hydrogen-bond acceptors (Lipinski definition) is 5. The second kappa shape index (κ2) is 20.6. The van der Waals surface area contributed by atoms with E-state index in [9.17, 15) is 19.1 Å². The van der Waals surface area contributed by atoms with Crippen LogP contribution in [0, 0.1) is 17.2 Å². The first-order valence-electron chi connectivity index (χ1n) is 15.6. The molecule has 0 spiro atoms. The van der Waals surface area contributed by atoms with Crippen LogP contribution < -0.4 is 34.7 Å². The summed E-state index contributed by atoms with van der Waals surface area (Å²) in [5.74, 6) is -0.812. The third-order valence-electron chi connectivity index (χ3n) is 8.12. The molecule has 44 heavy (non-hydrogen) atoms. The molecule has 6 nitrogen and oxygen atoms in total. The SMILES string of the molecule is CC.CC=O.CCCC(c1ccc(CCC(=O)[O-])cc1)N(C=O)C1(/N=C(\C)c2ccc(F)cc2)CCC(C(C)(C)C)CC1.[Na+]. The number of aliphatic imine (C=N–C) groups is 1. The second-order valence-corrected chi connectivity index (χ2v) is 12.0. The molecule has 2 aromatic rings. The molecule has 8 heteroatoms. The summed E-state index contributed by atoms with van der Waals surface area (Å²) in [6, 6.07) is 14.1. The predicted octanol–water partition coefficient (Wildman–Crippen LogP) is 4.49. The van der Waals surface area contributed by atoms with Gasteiger partial charge < -0.3 is 19.6 Å². The number of carboxylic acid groups (broad SMARTS) is 1. The van der Waals surface area contributed by atoms with Crippen molar-refractivity contribution in [1.82, 2.24) is 4.90 Å². The Morgan fingerprint density at radius 1 is 1.07 bits per heavy atom. The summed E-state index contributed by atoms with van der Waals surface area (Å²) in [6.45, 7) is 16.3. The summed E-state index contributed by atoms with van der Waals surface area (Å²) in [4.78, 5) is 39.8. The number of amides is 1.